The van der Waals surface area contributed by atoms with E-state index in [1.165, 1.54) is 12.8 Å². The Morgan fingerprint density at radius 2 is 1.85 bits per heavy atom. The number of rotatable bonds is 4. The van der Waals surface area contributed by atoms with Crippen LogP contribution in [0, 0.1) is 35.5 Å². The van der Waals surface area contributed by atoms with E-state index in [9.17, 15) is 4.79 Å². The van der Waals surface area contributed by atoms with Gasteiger partial charge in [0.15, 0.2) is 0 Å². The maximum absolute atomic E-state index is 12.6. The van der Waals surface area contributed by atoms with Crippen molar-refractivity contribution >= 4 is 5.78 Å². The standard InChI is InChI=1S/C25H34O2/c1-18(2)21-15-13-19(3)17-25(21)27-24(22-11-7-8-12-23(22)26)16-14-20-9-5-4-6-10-20/h4-6,9-10,18-19,21-22,24-25H,7-8,11-13,15,17H2,1-3H3/t19-,21+,22+,24+,25-/m1/s1. The molecular formula is C25H34O2. The fraction of sp³-hybridized carbons (Fsp3) is 0.640. The number of carbonyl (C=O) groups excluding carboxylic acids is 1. The summed E-state index contributed by atoms with van der Waals surface area (Å²) in [5.41, 5.74) is 0.992. The van der Waals surface area contributed by atoms with Crippen molar-refractivity contribution in [1.29, 1.82) is 0 Å². The summed E-state index contributed by atoms with van der Waals surface area (Å²) in [6, 6.07) is 10.0. The highest BCUT2D eigenvalue weighted by molar-refractivity contribution is 5.82. The Kier molecular flexibility index (Phi) is 7.13. The Morgan fingerprint density at radius 1 is 1.07 bits per heavy atom. The van der Waals surface area contributed by atoms with Crippen molar-refractivity contribution in [3.05, 3.63) is 35.9 Å². The maximum atomic E-state index is 12.6. The quantitative estimate of drug-likeness (QED) is 0.644. The molecule has 2 saturated carbocycles. The molecule has 0 aliphatic heterocycles. The molecule has 1 aromatic carbocycles. The summed E-state index contributed by atoms with van der Waals surface area (Å²) in [6.45, 7) is 6.92. The van der Waals surface area contributed by atoms with Gasteiger partial charge in [0, 0.05) is 12.0 Å². The summed E-state index contributed by atoms with van der Waals surface area (Å²) < 4.78 is 6.67. The third kappa shape index (κ3) is 5.45. The SMILES string of the molecule is CC(C)[C@@H]1CC[C@@H](C)C[C@H]1O[C@@H](C#Cc1ccccc1)[C@H]1CCCCC1=O. The average molecular weight is 367 g/mol. The van der Waals surface area contributed by atoms with Gasteiger partial charge in [-0.25, -0.2) is 0 Å². The van der Waals surface area contributed by atoms with Crippen molar-refractivity contribution in [1.82, 2.24) is 0 Å². The highest BCUT2D eigenvalue weighted by Crippen LogP contribution is 2.37. The zero-order valence-corrected chi connectivity index (χ0v) is 17.1. The van der Waals surface area contributed by atoms with E-state index in [1.54, 1.807) is 0 Å². The minimum Gasteiger partial charge on any atom is -0.361 e. The van der Waals surface area contributed by atoms with Crippen molar-refractivity contribution in [2.24, 2.45) is 23.7 Å². The topological polar surface area (TPSA) is 26.3 Å². The fourth-order valence-corrected chi connectivity index (χ4v) is 4.69. The summed E-state index contributed by atoms with van der Waals surface area (Å²) in [5, 5.41) is 0. The Morgan fingerprint density at radius 3 is 2.56 bits per heavy atom. The van der Waals surface area contributed by atoms with Gasteiger partial charge in [0.2, 0.25) is 0 Å². The van der Waals surface area contributed by atoms with Crippen molar-refractivity contribution < 1.29 is 9.53 Å². The van der Waals surface area contributed by atoms with E-state index in [0.717, 1.165) is 31.2 Å². The predicted molar refractivity (Wildman–Crippen MR) is 110 cm³/mol. The van der Waals surface area contributed by atoms with Gasteiger partial charge >= 0.3 is 0 Å². The summed E-state index contributed by atoms with van der Waals surface area (Å²) in [5.74, 6) is 8.80. The van der Waals surface area contributed by atoms with Crippen LogP contribution < -0.4 is 0 Å². The van der Waals surface area contributed by atoms with Crippen LogP contribution in [0.25, 0.3) is 0 Å². The smallest absolute Gasteiger partial charge is 0.139 e. The Bertz CT molecular complexity index is 667. The summed E-state index contributed by atoms with van der Waals surface area (Å²) in [7, 11) is 0. The van der Waals surface area contributed by atoms with E-state index >= 15 is 0 Å². The molecule has 5 atom stereocenters. The Balaban J connectivity index is 1.82. The fourth-order valence-electron chi connectivity index (χ4n) is 4.69. The predicted octanol–water partition coefficient (Wildman–Crippen LogP) is 5.64. The maximum Gasteiger partial charge on any atom is 0.139 e. The van der Waals surface area contributed by atoms with Crippen molar-refractivity contribution in [2.45, 2.75) is 77.9 Å². The molecule has 146 valence electrons. The van der Waals surface area contributed by atoms with Crippen LogP contribution in [0.4, 0.5) is 0 Å². The first-order valence-electron chi connectivity index (χ1n) is 10.8. The Labute approximate surface area is 165 Å². The highest BCUT2D eigenvalue weighted by atomic mass is 16.5. The molecule has 0 unspecified atom stereocenters. The van der Waals surface area contributed by atoms with Gasteiger partial charge in [0.05, 0.1) is 12.0 Å². The van der Waals surface area contributed by atoms with Gasteiger partial charge in [-0.2, -0.15) is 0 Å². The number of ketones is 1. The van der Waals surface area contributed by atoms with E-state index in [2.05, 4.69) is 32.6 Å². The summed E-state index contributed by atoms with van der Waals surface area (Å²) >= 11 is 0. The molecule has 2 aliphatic carbocycles. The molecule has 0 spiro atoms. The lowest BCUT2D eigenvalue weighted by Gasteiger charge is -2.39. The third-order valence-corrected chi connectivity index (χ3v) is 6.38. The molecule has 0 bridgehead atoms. The number of hydrogen-bond acceptors (Lipinski definition) is 2. The van der Waals surface area contributed by atoms with E-state index in [4.69, 9.17) is 4.74 Å². The molecule has 2 nitrogen and oxygen atoms in total. The van der Waals surface area contributed by atoms with Gasteiger partial charge in [-0.3, -0.25) is 4.79 Å². The van der Waals surface area contributed by atoms with Crippen LogP contribution in [0.1, 0.15) is 71.3 Å². The van der Waals surface area contributed by atoms with Gasteiger partial charge in [-0.05, 0) is 55.6 Å². The second kappa shape index (κ2) is 9.56. The number of benzene rings is 1. The minimum absolute atomic E-state index is 0.0555. The van der Waals surface area contributed by atoms with Gasteiger partial charge < -0.3 is 4.74 Å². The van der Waals surface area contributed by atoms with Crippen molar-refractivity contribution in [2.75, 3.05) is 0 Å². The van der Waals surface area contributed by atoms with Gasteiger partial charge in [-0.15, -0.1) is 0 Å². The van der Waals surface area contributed by atoms with Crippen LogP contribution in [-0.4, -0.2) is 18.0 Å². The molecule has 2 heteroatoms. The van der Waals surface area contributed by atoms with Crippen LogP contribution in [0.15, 0.2) is 30.3 Å². The highest BCUT2D eigenvalue weighted by Gasteiger charge is 2.37. The van der Waals surface area contributed by atoms with E-state index in [1.807, 2.05) is 30.3 Å². The van der Waals surface area contributed by atoms with Crippen LogP contribution >= 0.6 is 0 Å². The van der Waals surface area contributed by atoms with Crippen LogP contribution in [0.5, 0.6) is 0 Å². The largest absolute Gasteiger partial charge is 0.361 e. The Hall–Kier alpha value is -1.59. The molecule has 2 aliphatic rings. The lowest BCUT2D eigenvalue weighted by atomic mass is 9.75. The van der Waals surface area contributed by atoms with Gasteiger partial charge in [-0.1, -0.05) is 63.7 Å². The zero-order chi connectivity index (χ0) is 19.2. The number of carbonyl (C=O) groups is 1. The molecule has 0 radical (unpaired) electrons. The third-order valence-electron chi connectivity index (χ3n) is 6.38. The minimum atomic E-state index is -0.269. The molecule has 0 N–H and O–H groups in total. The molecule has 0 saturated heterocycles. The molecule has 3 rings (SSSR count). The summed E-state index contributed by atoms with van der Waals surface area (Å²) in [4.78, 5) is 12.6. The number of ether oxygens (including phenoxy) is 1. The zero-order valence-electron chi connectivity index (χ0n) is 17.1. The molecule has 27 heavy (non-hydrogen) atoms. The first-order chi connectivity index (χ1) is 13.0. The molecule has 0 amide bonds. The molecule has 0 heterocycles. The lowest BCUT2D eigenvalue weighted by Crippen LogP contribution is -2.41. The van der Waals surface area contributed by atoms with Crippen LogP contribution in [0.2, 0.25) is 0 Å². The molecule has 1 aromatic rings. The first kappa shape index (κ1) is 20.2. The van der Waals surface area contributed by atoms with E-state index < -0.39 is 0 Å². The summed E-state index contributed by atoms with van der Waals surface area (Å²) in [6.07, 6.45) is 7.28. The van der Waals surface area contributed by atoms with Crippen LogP contribution in [-0.2, 0) is 9.53 Å². The van der Waals surface area contributed by atoms with Crippen molar-refractivity contribution in [3.63, 3.8) is 0 Å². The number of hydrogen-bond donors (Lipinski definition) is 0. The normalized spacial score (nSPS) is 29.9. The van der Waals surface area contributed by atoms with E-state index in [-0.39, 0.29) is 18.1 Å². The van der Waals surface area contributed by atoms with Gasteiger partial charge in [0.1, 0.15) is 11.9 Å². The molecule has 2 fully saturated rings. The average Bonchev–Trinajstić information content (AvgIpc) is 2.66. The number of Topliss-reactive ketones (excluding diaryl/α,β-unsaturated/α-hetero) is 1. The first-order valence-corrected chi connectivity index (χ1v) is 10.8. The lowest BCUT2D eigenvalue weighted by molar-refractivity contribution is -0.134. The molecule has 0 aromatic heterocycles. The van der Waals surface area contributed by atoms with Gasteiger partial charge in [0.25, 0.3) is 0 Å². The second-order valence-corrected chi connectivity index (χ2v) is 8.88. The van der Waals surface area contributed by atoms with E-state index in [0.29, 0.717) is 30.0 Å². The molecular weight excluding hydrogens is 332 g/mol. The second-order valence-electron chi connectivity index (χ2n) is 8.88. The van der Waals surface area contributed by atoms with Crippen molar-refractivity contribution in [3.8, 4) is 11.8 Å². The monoisotopic (exact) mass is 366 g/mol. The van der Waals surface area contributed by atoms with Crippen LogP contribution in [0.3, 0.4) is 0 Å².